The van der Waals surface area contributed by atoms with Crippen molar-refractivity contribution in [2.24, 2.45) is 5.92 Å². The maximum atomic E-state index is 5.60. The summed E-state index contributed by atoms with van der Waals surface area (Å²) in [5, 5.41) is 0. The van der Waals surface area contributed by atoms with Crippen molar-refractivity contribution >= 4 is 11.0 Å². The van der Waals surface area contributed by atoms with Crippen LogP contribution in [-0.4, -0.2) is 21.6 Å². The first-order valence-corrected chi connectivity index (χ1v) is 9.84. The molecular formula is C23H31N3O. The van der Waals surface area contributed by atoms with E-state index in [9.17, 15) is 0 Å². The fraction of sp³-hybridized carbons (Fsp3) is 0.478. The number of aryl methyl sites for hydroxylation is 3. The van der Waals surface area contributed by atoms with E-state index in [-0.39, 0.29) is 0 Å². The predicted octanol–water partition coefficient (Wildman–Crippen LogP) is 5.89. The monoisotopic (exact) mass is 365 g/mol. The molecule has 4 nitrogen and oxygen atoms in total. The molecule has 3 heterocycles. The predicted molar refractivity (Wildman–Crippen MR) is 113 cm³/mol. The van der Waals surface area contributed by atoms with Crippen molar-refractivity contribution in [3.63, 3.8) is 0 Å². The molecule has 0 radical (unpaired) electrons. The van der Waals surface area contributed by atoms with Gasteiger partial charge in [-0.1, -0.05) is 27.7 Å². The second kappa shape index (κ2) is 7.71. The van der Waals surface area contributed by atoms with E-state index < -0.39 is 0 Å². The van der Waals surface area contributed by atoms with Gasteiger partial charge in [-0.3, -0.25) is 0 Å². The number of rotatable bonds is 6. The number of hydrogen-bond acceptors (Lipinski definition) is 3. The molecule has 0 bridgehead atoms. The van der Waals surface area contributed by atoms with Crippen molar-refractivity contribution < 1.29 is 4.74 Å². The van der Waals surface area contributed by atoms with Crippen molar-refractivity contribution in [1.29, 1.82) is 0 Å². The van der Waals surface area contributed by atoms with Gasteiger partial charge in [0.15, 0.2) is 0 Å². The third-order valence-corrected chi connectivity index (χ3v) is 5.09. The Labute approximate surface area is 162 Å². The first-order valence-electron chi connectivity index (χ1n) is 9.84. The average Bonchev–Trinajstić information content (AvgIpc) is 2.93. The van der Waals surface area contributed by atoms with Crippen molar-refractivity contribution in [2.75, 3.05) is 7.11 Å². The summed E-state index contributed by atoms with van der Waals surface area (Å²) in [6.07, 6.45) is 3.39. The molecule has 3 aromatic rings. The van der Waals surface area contributed by atoms with Crippen molar-refractivity contribution in [2.45, 2.75) is 60.4 Å². The summed E-state index contributed by atoms with van der Waals surface area (Å²) in [4.78, 5) is 9.73. The summed E-state index contributed by atoms with van der Waals surface area (Å²) in [6.45, 7) is 14.1. The zero-order valence-electron chi connectivity index (χ0n) is 17.6. The van der Waals surface area contributed by atoms with Crippen molar-refractivity contribution in [3.05, 3.63) is 41.2 Å². The van der Waals surface area contributed by atoms with Crippen LogP contribution in [0.3, 0.4) is 0 Å². The van der Waals surface area contributed by atoms with Crippen LogP contribution in [-0.2, 0) is 6.54 Å². The summed E-state index contributed by atoms with van der Waals surface area (Å²) < 4.78 is 7.94. The minimum Gasteiger partial charge on any atom is -0.480 e. The molecule has 3 aromatic heterocycles. The van der Waals surface area contributed by atoms with Gasteiger partial charge >= 0.3 is 0 Å². The molecule has 144 valence electrons. The molecule has 0 aromatic carbocycles. The molecular weight excluding hydrogens is 334 g/mol. The van der Waals surface area contributed by atoms with Gasteiger partial charge in [-0.25, -0.2) is 9.97 Å². The highest BCUT2D eigenvalue weighted by molar-refractivity contribution is 5.85. The van der Waals surface area contributed by atoms with Gasteiger partial charge < -0.3 is 9.30 Å². The zero-order chi connectivity index (χ0) is 19.7. The Hall–Kier alpha value is -2.36. The van der Waals surface area contributed by atoms with Crippen LogP contribution in [0.25, 0.3) is 22.3 Å². The van der Waals surface area contributed by atoms with E-state index in [2.05, 4.69) is 70.5 Å². The first kappa shape index (κ1) is 19.4. The number of methoxy groups -OCH3 is 1. The molecule has 27 heavy (non-hydrogen) atoms. The third-order valence-electron chi connectivity index (χ3n) is 5.09. The van der Waals surface area contributed by atoms with Crippen molar-refractivity contribution in [1.82, 2.24) is 14.5 Å². The van der Waals surface area contributed by atoms with Gasteiger partial charge in [-0.05, 0) is 61.4 Å². The van der Waals surface area contributed by atoms with E-state index in [4.69, 9.17) is 14.7 Å². The normalized spacial score (nSPS) is 11.7. The van der Waals surface area contributed by atoms with E-state index in [1.54, 1.807) is 7.11 Å². The Kier molecular flexibility index (Phi) is 5.54. The minimum atomic E-state index is 0.363. The third kappa shape index (κ3) is 3.85. The van der Waals surface area contributed by atoms with Crippen LogP contribution in [0.2, 0.25) is 0 Å². The average molecular weight is 366 g/mol. The number of aromatic nitrogens is 3. The Balaban J connectivity index is 2.11. The molecule has 0 saturated heterocycles. The molecule has 0 spiro atoms. The lowest BCUT2D eigenvalue weighted by Gasteiger charge is -2.14. The lowest BCUT2D eigenvalue weighted by Crippen LogP contribution is -2.02. The summed E-state index contributed by atoms with van der Waals surface area (Å²) in [6, 6.07) is 6.42. The summed E-state index contributed by atoms with van der Waals surface area (Å²) >= 11 is 0. The molecule has 0 aliphatic heterocycles. The molecule has 4 heteroatoms. The Morgan fingerprint density at radius 1 is 1.04 bits per heavy atom. The van der Waals surface area contributed by atoms with Crippen LogP contribution in [0.1, 0.15) is 56.9 Å². The van der Waals surface area contributed by atoms with Crippen LogP contribution in [0.4, 0.5) is 0 Å². The number of hydrogen-bond donors (Lipinski definition) is 0. The smallest absolute Gasteiger partial charge is 0.222 e. The second-order valence-electron chi connectivity index (χ2n) is 8.16. The molecule has 0 saturated carbocycles. The topological polar surface area (TPSA) is 39.9 Å². The van der Waals surface area contributed by atoms with E-state index >= 15 is 0 Å². The van der Waals surface area contributed by atoms with Gasteiger partial charge in [0, 0.05) is 18.4 Å². The minimum absolute atomic E-state index is 0.363. The van der Waals surface area contributed by atoms with Crippen LogP contribution in [0, 0.1) is 19.8 Å². The van der Waals surface area contributed by atoms with Gasteiger partial charge in [0.1, 0.15) is 0 Å². The van der Waals surface area contributed by atoms with Gasteiger partial charge in [0.05, 0.1) is 29.4 Å². The van der Waals surface area contributed by atoms with Crippen LogP contribution < -0.4 is 4.74 Å². The molecule has 0 aliphatic carbocycles. The number of ether oxygens (including phenoxy) is 1. The number of pyridine rings is 2. The highest BCUT2D eigenvalue weighted by atomic mass is 16.5. The maximum absolute atomic E-state index is 5.60. The van der Waals surface area contributed by atoms with Gasteiger partial charge in [-0.2, -0.15) is 0 Å². The lowest BCUT2D eigenvalue weighted by atomic mass is 10.0. The van der Waals surface area contributed by atoms with Crippen LogP contribution in [0.5, 0.6) is 5.88 Å². The maximum Gasteiger partial charge on any atom is 0.222 e. The molecule has 0 aliphatic rings. The van der Waals surface area contributed by atoms with Crippen molar-refractivity contribution in [3.8, 4) is 17.1 Å². The fourth-order valence-corrected chi connectivity index (χ4v) is 3.44. The second-order valence-corrected chi connectivity index (χ2v) is 8.16. The molecule has 0 atom stereocenters. The molecule has 0 amide bonds. The molecule has 0 fully saturated rings. The van der Waals surface area contributed by atoms with Gasteiger partial charge in [0.2, 0.25) is 5.88 Å². The Morgan fingerprint density at radius 3 is 2.41 bits per heavy atom. The Morgan fingerprint density at radius 2 is 1.78 bits per heavy atom. The summed E-state index contributed by atoms with van der Waals surface area (Å²) in [5.74, 6) is 1.70. The highest BCUT2D eigenvalue weighted by Crippen LogP contribution is 2.33. The zero-order valence-corrected chi connectivity index (χ0v) is 17.6. The highest BCUT2D eigenvalue weighted by Gasteiger charge is 2.17. The van der Waals surface area contributed by atoms with Gasteiger partial charge in [0.25, 0.3) is 0 Å². The van der Waals surface area contributed by atoms with E-state index in [0.29, 0.717) is 17.7 Å². The SMILES string of the molecule is COc1nc(C(C)C)ccc1-c1nc2c(C)cn(CCC(C)C)c2cc1C. The molecule has 0 unspecified atom stereocenters. The summed E-state index contributed by atoms with van der Waals surface area (Å²) in [7, 11) is 1.68. The quantitative estimate of drug-likeness (QED) is 0.546. The van der Waals surface area contributed by atoms with E-state index in [0.717, 1.165) is 34.6 Å². The van der Waals surface area contributed by atoms with E-state index in [1.165, 1.54) is 17.5 Å². The number of fused-ring (bicyclic) bond motifs is 1. The van der Waals surface area contributed by atoms with E-state index in [1.807, 2.05) is 0 Å². The standard InChI is InChI=1S/C23H31N3O/c1-14(2)10-11-26-13-17(6)22-20(26)12-16(5)21(25-22)18-8-9-19(15(3)4)24-23(18)27-7/h8-9,12-15H,10-11H2,1-7H3. The Bertz CT molecular complexity index is 954. The first-order chi connectivity index (χ1) is 12.8. The van der Waals surface area contributed by atoms with Gasteiger partial charge in [-0.15, -0.1) is 0 Å². The lowest BCUT2D eigenvalue weighted by molar-refractivity contribution is 0.397. The molecule has 3 rings (SSSR count). The van der Waals surface area contributed by atoms with Crippen LogP contribution in [0.15, 0.2) is 24.4 Å². The van der Waals surface area contributed by atoms with Crippen LogP contribution >= 0.6 is 0 Å². The summed E-state index contributed by atoms with van der Waals surface area (Å²) in [5.41, 5.74) is 7.56. The largest absolute Gasteiger partial charge is 0.480 e. The fourth-order valence-electron chi connectivity index (χ4n) is 3.44. The molecule has 0 N–H and O–H groups in total. The number of nitrogens with zero attached hydrogens (tertiary/aromatic N) is 3.